The van der Waals surface area contributed by atoms with E-state index in [-0.39, 0.29) is 12.0 Å². The maximum atomic E-state index is 12.1. The van der Waals surface area contributed by atoms with Gasteiger partial charge in [0.05, 0.1) is 12.6 Å². The van der Waals surface area contributed by atoms with Crippen LogP contribution in [-0.4, -0.2) is 41.7 Å². The van der Waals surface area contributed by atoms with Gasteiger partial charge in [0, 0.05) is 24.8 Å². The molecule has 2 aromatic rings. The fraction of sp³-hybridized carbons (Fsp3) is 0.278. The van der Waals surface area contributed by atoms with Crippen LogP contribution in [-0.2, 0) is 4.79 Å². The number of hydrogen-bond donors (Lipinski definition) is 2. The summed E-state index contributed by atoms with van der Waals surface area (Å²) < 4.78 is 5.75. The lowest BCUT2D eigenvalue weighted by atomic mass is 10.3. The Morgan fingerprint density at radius 2 is 1.96 bits per heavy atom. The number of nitrogens with zero attached hydrogens (tertiary/aromatic N) is 1. The molecule has 120 valence electrons. The van der Waals surface area contributed by atoms with Crippen molar-refractivity contribution in [2.75, 3.05) is 25.0 Å². The van der Waals surface area contributed by atoms with Crippen LogP contribution < -0.4 is 10.1 Å². The smallest absolute Gasteiger partial charge is 0.238 e. The maximum absolute atomic E-state index is 12.1. The number of benzene rings is 2. The first kappa shape index (κ1) is 15.5. The van der Waals surface area contributed by atoms with Crippen molar-refractivity contribution in [3.8, 4) is 11.5 Å². The molecule has 1 atom stereocenters. The molecular formula is C18H20N2O3. The summed E-state index contributed by atoms with van der Waals surface area (Å²) in [6.07, 6.45) is 0.415. The second-order valence-electron chi connectivity index (χ2n) is 5.67. The molecule has 2 N–H and O–H groups in total. The zero-order chi connectivity index (χ0) is 16.1. The van der Waals surface area contributed by atoms with Crippen molar-refractivity contribution in [3.05, 3.63) is 54.6 Å². The lowest BCUT2D eigenvalue weighted by molar-refractivity contribution is -0.117. The fourth-order valence-corrected chi connectivity index (χ4v) is 2.62. The highest BCUT2D eigenvalue weighted by atomic mass is 16.5. The third-order valence-corrected chi connectivity index (χ3v) is 3.71. The van der Waals surface area contributed by atoms with Gasteiger partial charge >= 0.3 is 0 Å². The molecule has 1 aliphatic rings. The van der Waals surface area contributed by atoms with Crippen molar-refractivity contribution in [1.82, 2.24) is 4.90 Å². The van der Waals surface area contributed by atoms with Gasteiger partial charge in [-0.1, -0.05) is 24.3 Å². The van der Waals surface area contributed by atoms with Gasteiger partial charge in [0.15, 0.2) is 0 Å². The van der Waals surface area contributed by atoms with Gasteiger partial charge in [-0.2, -0.15) is 0 Å². The van der Waals surface area contributed by atoms with Gasteiger partial charge < -0.3 is 15.2 Å². The Morgan fingerprint density at radius 3 is 2.70 bits per heavy atom. The number of likely N-dealkylation sites (tertiary alicyclic amines) is 1. The van der Waals surface area contributed by atoms with Gasteiger partial charge in [-0.3, -0.25) is 9.69 Å². The maximum Gasteiger partial charge on any atom is 0.238 e. The monoisotopic (exact) mass is 312 g/mol. The highest BCUT2D eigenvalue weighted by molar-refractivity contribution is 5.92. The molecule has 2 aromatic carbocycles. The van der Waals surface area contributed by atoms with Crippen LogP contribution >= 0.6 is 0 Å². The topological polar surface area (TPSA) is 61.8 Å². The molecule has 0 aliphatic carbocycles. The van der Waals surface area contributed by atoms with E-state index in [1.807, 2.05) is 53.4 Å². The Hall–Kier alpha value is -2.37. The number of hydrogen-bond acceptors (Lipinski definition) is 4. The second kappa shape index (κ2) is 7.26. The molecule has 3 rings (SSSR count). The number of rotatable bonds is 5. The highest BCUT2D eigenvalue weighted by Crippen LogP contribution is 2.23. The number of para-hydroxylation sites is 1. The molecule has 1 saturated heterocycles. The van der Waals surface area contributed by atoms with E-state index in [0.717, 1.165) is 18.7 Å². The number of nitrogens with one attached hydrogen (secondary N) is 1. The van der Waals surface area contributed by atoms with Crippen LogP contribution in [0.2, 0.25) is 0 Å². The van der Waals surface area contributed by atoms with E-state index in [4.69, 9.17) is 4.74 Å². The predicted octanol–water partition coefficient (Wildman–Crippen LogP) is 2.48. The van der Waals surface area contributed by atoms with Crippen LogP contribution in [0.3, 0.4) is 0 Å². The van der Waals surface area contributed by atoms with E-state index in [9.17, 15) is 9.90 Å². The zero-order valence-electron chi connectivity index (χ0n) is 12.8. The van der Waals surface area contributed by atoms with Crippen LogP contribution in [0.4, 0.5) is 5.69 Å². The average Bonchev–Trinajstić information content (AvgIpc) is 2.93. The van der Waals surface area contributed by atoms with Crippen molar-refractivity contribution in [2.45, 2.75) is 12.5 Å². The summed E-state index contributed by atoms with van der Waals surface area (Å²) >= 11 is 0. The van der Waals surface area contributed by atoms with E-state index in [1.165, 1.54) is 0 Å². The number of anilines is 1. The minimum absolute atomic E-state index is 0.0871. The molecule has 0 saturated carbocycles. The van der Waals surface area contributed by atoms with Crippen LogP contribution in [0.1, 0.15) is 6.42 Å². The molecule has 0 bridgehead atoms. The molecule has 1 heterocycles. The number of carbonyl (C=O) groups excluding carboxylic acids is 1. The first-order chi connectivity index (χ1) is 11.2. The number of carbonyl (C=O) groups is 1. The van der Waals surface area contributed by atoms with Crippen LogP contribution in [0.5, 0.6) is 11.5 Å². The summed E-state index contributed by atoms with van der Waals surface area (Å²) in [5.74, 6) is 1.34. The number of β-amino-alcohol motifs (C(OH)–C–C–N with tert-alkyl or cyclic N) is 1. The Kier molecular flexibility index (Phi) is 4.90. The molecule has 5 heteroatoms. The molecule has 0 spiro atoms. The van der Waals surface area contributed by atoms with Gasteiger partial charge in [0.25, 0.3) is 0 Å². The van der Waals surface area contributed by atoms with E-state index in [2.05, 4.69) is 5.32 Å². The third kappa shape index (κ3) is 4.55. The molecule has 0 radical (unpaired) electrons. The lowest BCUT2D eigenvalue weighted by Gasteiger charge is -2.14. The van der Waals surface area contributed by atoms with Crippen molar-refractivity contribution >= 4 is 11.6 Å². The van der Waals surface area contributed by atoms with Crippen molar-refractivity contribution in [1.29, 1.82) is 0 Å². The normalized spacial score (nSPS) is 17.9. The molecule has 0 unspecified atom stereocenters. The summed E-state index contributed by atoms with van der Waals surface area (Å²) in [4.78, 5) is 14.0. The third-order valence-electron chi connectivity index (χ3n) is 3.71. The van der Waals surface area contributed by atoms with E-state index in [0.29, 0.717) is 24.5 Å². The van der Waals surface area contributed by atoms with Gasteiger partial charge in [-0.25, -0.2) is 0 Å². The van der Waals surface area contributed by atoms with Gasteiger partial charge in [0.2, 0.25) is 5.91 Å². The summed E-state index contributed by atoms with van der Waals surface area (Å²) in [7, 11) is 0. The number of amides is 1. The largest absolute Gasteiger partial charge is 0.457 e. The summed E-state index contributed by atoms with van der Waals surface area (Å²) in [5.41, 5.74) is 0.697. The van der Waals surface area contributed by atoms with Crippen molar-refractivity contribution in [2.24, 2.45) is 0 Å². The van der Waals surface area contributed by atoms with Crippen molar-refractivity contribution in [3.63, 3.8) is 0 Å². The molecule has 1 aliphatic heterocycles. The van der Waals surface area contributed by atoms with Crippen LogP contribution in [0, 0.1) is 0 Å². The molecular weight excluding hydrogens is 292 g/mol. The van der Waals surface area contributed by atoms with Crippen LogP contribution in [0.15, 0.2) is 54.6 Å². The first-order valence-corrected chi connectivity index (χ1v) is 7.72. The quantitative estimate of drug-likeness (QED) is 0.890. The Labute approximate surface area is 135 Å². The highest BCUT2D eigenvalue weighted by Gasteiger charge is 2.21. The molecule has 1 fully saturated rings. The fourth-order valence-electron chi connectivity index (χ4n) is 2.62. The molecule has 5 nitrogen and oxygen atoms in total. The van der Waals surface area contributed by atoms with E-state index < -0.39 is 0 Å². The lowest BCUT2D eigenvalue weighted by Crippen LogP contribution is -2.32. The summed E-state index contributed by atoms with van der Waals surface area (Å²) in [5, 5.41) is 12.4. The Morgan fingerprint density at radius 1 is 1.17 bits per heavy atom. The van der Waals surface area contributed by atoms with E-state index >= 15 is 0 Å². The molecule has 1 amide bonds. The zero-order valence-corrected chi connectivity index (χ0v) is 12.8. The van der Waals surface area contributed by atoms with E-state index in [1.54, 1.807) is 6.07 Å². The Bertz CT molecular complexity index is 660. The Balaban J connectivity index is 1.58. The number of aliphatic hydroxyl groups is 1. The SMILES string of the molecule is O=C(CN1CC[C@H](O)C1)Nc1cccc(Oc2ccccc2)c1. The summed E-state index contributed by atoms with van der Waals surface area (Å²) in [6, 6.07) is 16.8. The number of ether oxygens (including phenoxy) is 1. The van der Waals surface area contributed by atoms with Crippen molar-refractivity contribution < 1.29 is 14.6 Å². The average molecular weight is 312 g/mol. The van der Waals surface area contributed by atoms with Gasteiger partial charge in [-0.05, 0) is 30.7 Å². The summed E-state index contributed by atoms with van der Waals surface area (Å²) in [6.45, 7) is 1.61. The first-order valence-electron chi connectivity index (χ1n) is 7.72. The minimum Gasteiger partial charge on any atom is -0.457 e. The standard InChI is InChI=1S/C18H20N2O3/c21-15-9-10-20(12-15)13-18(22)19-14-5-4-8-17(11-14)23-16-6-2-1-3-7-16/h1-8,11,15,21H,9-10,12-13H2,(H,19,22)/t15-/m0/s1. The molecule has 0 aromatic heterocycles. The number of aliphatic hydroxyl groups excluding tert-OH is 1. The van der Waals surface area contributed by atoms with Crippen LogP contribution in [0.25, 0.3) is 0 Å². The predicted molar refractivity (Wildman–Crippen MR) is 88.7 cm³/mol. The van der Waals surface area contributed by atoms with Gasteiger partial charge in [0.1, 0.15) is 11.5 Å². The molecule has 23 heavy (non-hydrogen) atoms. The van der Waals surface area contributed by atoms with Gasteiger partial charge in [-0.15, -0.1) is 0 Å². The minimum atomic E-state index is -0.314. The second-order valence-corrected chi connectivity index (χ2v) is 5.67.